The summed E-state index contributed by atoms with van der Waals surface area (Å²) >= 11 is 0. The van der Waals surface area contributed by atoms with Gasteiger partial charge in [-0.05, 0) is 7.05 Å². The van der Waals surface area contributed by atoms with Crippen LogP contribution in [0.15, 0.2) is 0 Å². The Balaban J connectivity index is 2.63. The van der Waals surface area contributed by atoms with E-state index in [4.69, 9.17) is 16.9 Å². The molecule has 0 spiro atoms. The van der Waals surface area contributed by atoms with Gasteiger partial charge in [0.15, 0.2) is 0 Å². The van der Waals surface area contributed by atoms with E-state index in [-0.39, 0.29) is 0 Å². The van der Waals surface area contributed by atoms with Gasteiger partial charge in [0, 0.05) is 32.4 Å². The average Bonchev–Trinajstić information content (AvgIpc) is 2.10. The molecule has 1 saturated heterocycles. The Bertz CT molecular complexity index is 249. The fourth-order valence-corrected chi connectivity index (χ4v) is 1.74. The zero-order valence-corrected chi connectivity index (χ0v) is 8.45. The minimum atomic E-state index is -0.732. The number of nitrogens with two attached hydrogens (primary N) is 1. The molecule has 0 saturated carbocycles. The predicted molar refractivity (Wildman–Crippen MR) is 53.6 cm³/mol. The molecule has 1 rings (SSSR count). The predicted octanol–water partition coefficient (Wildman–Crippen LogP) is 0.569. The molecule has 1 fully saturated rings. The minimum Gasteiger partial charge on any atom is -0.442 e. The molecule has 0 aromatic heterocycles. The van der Waals surface area contributed by atoms with Crippen molar-refractivity contribution in [2.24, 2.45) is 5.73 Å². The van der Waals surface area contributed by atoms with E-state index in [1.807, 2.05) is 7.05 Å². The number of piperidine rings is 1. The van der Waals surface area contributed by atoms with Crippen molar-refractivity contribution in [3.63, 3.8) is 0 Å². The van der Waals surface area contributed by atoms with E-state index in [0.29, 0.717) is 6.42 Å². The van der Waals surface area contributed by atoms with Crippen LogP contribution in [0, 0.1) is 12.3 Å². The topological polar surface area (TPSA) is 55.6 Å². The Hall–Kier alpha value is -1.21. The van der Waals surface area contributed by atoms with Gasteiger partial charge in [-0.1, -0.05) is 0 Å². The second-order valence-electron chi connectivity index (χ2n) is 3.79. The summed E-state index contributed by atoms with van der Waals surface area (Å²) < 4.78 is 5.14. The lowest BCUT2D eigenvalue weighted by Crippen LogP contribution is -2.46. The molecule has 4 heteroatoms. The maximum atomic E-state index is 10.7. The van der Waals surface area contributed by atoms with Gasteiger partial charge in [0.1, 0.15) is 5.60 Å². The van der Waals surface area contributed by atoms with Crippen LogP contribution < -0.4 is 5.73 Å². The van der Waals surface area contributed by atoms with Crippen molar-refractivity contribution in [3.8, 4) is 12.3 Å². The maximum Gasteiger partial charge on any atom is 0.405 e. The lowest BCUT2D eigenvalue weighted by molar-refractivity contribution is -0.0236. The molecule has 0 aliphatic carbocycles. The van der Waals surface area contributed by atoms with Gasteiger partial charge >= 0.3 is 6.09 Å². The summed E-state index contributed by atoms with van der Waals surface area (Å²) in [6.45, 7) is 1.77. The van der Waals surface area contributed by atoms with Gasteiger partial charge in [0.25, 0.3) is 0 Å². The van der Waals surface area contributed by atoms with E-state index in [1.54, 1.807) is 0 Å². The third-order valence-electron chi connectivity index (χ3n) is 2.64. The van der Waals surface area contributed by atoms with Gasteiger partial charge in [-0.25, -0.2) is 4.79 Å². The molecule has 0 aromatic rings. The van der Waals surface area contributed by atoms with Crippen LogP contribution in [0.4, 0.5) is 4.79 Å². The van der Waals surface area contributed by atoms with Crippen molar-refractivity contribution in [1.29, 1.82) is 0 Å². The summed E-state index contributed by atoms with van der Waals surface area (Å²) in [6.07, 6.45) is 6.50. The molecule has 1 aliphatic heterocycles. The molecular weight excluding hydrogens is 180 g/mol. The molecule has 1 amide bonds. The quantitative estimate of drug-likeness (QED) is 0.657. The summed E-state index contributed by atoms with van der Waals surface area (Å²) in [7, 11) is 2.03. The number of hydrogen-bond donors (Lipinski definition) is 1. The number of amides is 1. The molecular formula is C10H16N2O2. The van der Waals surface area contributed by atoms with Crippen LogP contribution in [0.5, 0.6) is 0 Å². The second kappa shape index (κ2) is 4.34. The Morgan fingerprint density at radius 3 is 2.64 bits per heavy atom. The van der Waals surface area contributed by atoms with Crippen LogP contribution in [0.2, 0.25) is 0 Å². The van der Waals surface area contributed by atoms with Crippen molar-refractivity contribution in [3.05, 3.63) is 0 Å². The number of nitrogens with zero attached hydrogens (tertiary/aromatic N) is 1. The third kappa shape index (κ3) is 2.64. The van der Waals surface area contributed by atoms with E-state index in [9.17, 15) is 4.79 Å². The Kier molecular flexibility index (Phi) is 3.37. The fourth-order valence-electron chi connectivity index (χ4n) is 1.74. The molecule has 14 heavy (non-hydrogen) atoms. The summed E-state index contributed by atoms with van der Waals surface area (Å²) in [5.41, 5.74) is 4.51. The summed E-state index contributed by atoms with van der Waals surface area (Å²) in [4.78, 5) is 12.9. The van der Waals surface area contributed by atoms with E-state index in [1.165, 1.54) is 0 Å². The highest BCUT2D eigenvalue weighted by atomic mass is 16.6. The smallest absolute Gasteiger partial charge is 0.405 e. The van der Waals surface area contributed by atoms with Crippen LogP contribution in [0.25, 0.3) is 0 Å². The molecule has 1 aliphatic rings. The molecule has 4 nitrogen and oxygen atoms in total. The molecule has 2 N–H and O–H groups in total. The highest BCUT2D eigenvalue weighted by Crippen LogP contribution is 2.28. The maximum absolute atomic E-state index is 10.7. The third-order valence-corrected chi connectivity index (χ3v) is 2.64. The summed E-state index contributed by atoms with van der Waals surface area (Å²) in [5.74, 6) is 2.55. The van der Waals surface area contributed by atoms with Gasteiger partial charge in [-0.3, -0.25) is 0 Å². The van der Waals surface area contributed by atoms with Crippen LogP contribution >= 0.6 is 0 Å². The van der Waals surface area contributed by atoms with E-state index >= 15 is 0 Å². The van der Waals surface area contributed by atoms with Crippen LogP contribution in [-0.4, -0.2) is 36.7 Å². The van der Waals surface area contributed by atoms with Gasteiger partial charge < -0.3 is 15.4 Å². The van der Waals surface area contributed by atoms with E-state index in [0.717, 1.165) is 25.9 Å². The highest BCUT2D eigenvalue weighted by molar-refractivity contribution is 5.65. The largest absolute Gasteiger partial charge is 0.442 e. The lowest BCUT2D eigenvalue weighted by atomic mass is 9.88. The normalized spacial score (nSPS) is 21.1. The number of hydrogen-bond acceptors (Lipinski definition) is 3. The first-order valence-corrected chi connectivity index (χ1v) is 4.68. The van der Waals surface area contributed by atoms with Gasteiger partial charge in [-0.2, -0.15) is 0 Å². The van der Waals surface area contributed by atoms with Crippen molar-refractivity contribution in [2.45, 2.75) is 24.9 Å². The van der Waals surface area contributed by atoms with Crippen LogP contribution in [0.3, 0.4) is 0 Å². The number of rotatable bonds is 2. The van der Waals surface area contributed by atoms with Crippen molar-refractivity contribution in [1.82, 2.24) is 4.90 Å². The number of ether oxygens (including phenoxy) is 1. The number of carbonyl (C=O) groups is 1. The second-order valence-corrected chi connectivity index (χ2v) is 3.79. The summed E-state index contributed by atoms with van der Waals surface area (Å²) in [5, 5.41) is 0. The molecule has 0 bridgehead atoms. The number of likely N-dealkylation sites (tertiary alicyclic amines) is 1. The van der Waals surface area contributed by atoms with Crippen molar-refractivity contribution < 1.29 is 9.53 Å². The van der Waals surface area contributed by atoms with E-state index < -0.39 is 11.7 Å². The average molecular weight is 196 g/mol. The molecule has 0 radical (unpaired) electrons. The standard InChI is InChI=1S/C10H16N2O2/c1-3-4-10(14-9(11)13)5-7-12(2)8-6-10/h1H,4-8H2,2H3,(H2,11,13). The first kappa shape index (κ1) is 10.9. The highest BCUT2D eigenvalue weighted by Gasteiger charge is 2.36. The van der Waals surface area contributed by atoms with Gasteiger partial charge in [-0.15, -0.1) is 12.3 Å². The Morgan fingerprint density at radius 2 is 2.21 bits per heavy atom. The summed E-state index contributed by atoms with van der Waals surface area (Å²) in [6, 6.07) is 0. The molecule has 0 unspecified atom stereocenters. The van der Waals surface area contributed by atoms with Gasteiger partial charge in [0.05, 0.1) is 0 Å². The first-order valence-electron chi connectivity index (χ1n) is 4.68. The van der Waals surface area contributed by atoms with E-state index in [2.05, 4.69) is 10.8 Å². The SMILES string of the molecule is C#CCC1(OC(N)=O)CCN(C)CC1. The fraction of sp³-hybridized carbons (Fsp3) is 0.700. The monoisotopic (exact) mass is 196 g/mol. The van der Waals surface area contributed by atoms with Gasteiger partial charge in [0.2, 0.25) is 0 Å². The lowest BCUT2D eigenvalue weighted by Gasteiger charge is -2.38. The van der Waals surface area contributed by atoms with Crippen LogP contribution in [0.1, 0.15) is 19.3 Å². The molecule has 1 heterocycles. The zero-order chi connectivity index (χ0) is 10.6. The molecule has 78 valence electrons. The molecule has 0 atom stereocenters. The van der Waals surface area contributed by atoms with Crippen LogP contribution in [-0.2, 0) is 4.74 Å². The number of carbonyl (C=O) groups excluding carboxylic acids is 1. The Morgan fingerprint density at radius 1 is 1.64 bits per heavy atom. The number of primary amides is 1. The minimum absolute atomic E-state index is 0.448. The Labute approximate surface area is 84.4 Å². The van der Waals surface area contributed by atoms with Crippen molar-refractivity contribution >= 4 is 6.09 Å². The first-order chi connectivity index (χ1) is 6.58. The molecule has 0 aromatic carbocycles. The zero-order valence-electron chi connectivity index (χ0n) is 8.45. The number of terminal acetylenes is 1. The van der Waals surface area contributed by atoms with Crippen molar-refractivity contribution in [2.75, 3.05) is 20.1 Å².